The summed E-state index contributed by atoms with van der Waals surface area (Å²) in [6, 6.07) is 16.8. The molecule has 0 saturated carbocycles. The molecule has 0 aliphatic heterocycles. The third-order valence-electron chi connectivity index (χ3n) is 3.77. The molecule has 130 valence electrons. The van der Waals surface area contributed by atoms with Gasteiger partial charge in [-0.3, -0.25) is 9.59 Å². The van der Waals surface area contributed by atoms with E-state index in [1.165, 1.54) is 0 Å². The van der Waals surface area contributed by atoms with Crippen LogP contribution >= 0.6 is 0 Å². The number of carbonyl (C=O) groups excluding carboxylic acids is 2. The Morgan fingerprint density at radius 3 is 2.36 bits per heavy atom. The Morgan fingerprint density at radius 2 is 1.72 bits per heavy atom. The molecule has 2 aromatic rings. The first-order valence-electron chi connectivity index (χ1n) is 8.31. The summed E-state index contributed by atoms with van der Waals surface area (Å²) in [6.45, 7) is 2.31. The van der Waals surface area contributed by atoms with E-state index < -0.39 is 0 Å². The summed E-state index contributed by atoms with van der Waals surface area (Å²) >= 11 is 0. The SMILES string of the molecule is CCC(=O)c1ccc(OCC(=O)N(C)CC=Cc2ccccc2)cc1. The number of rotatable bonds is 8. The predicted octanol–water partition coefficient (Wildman–Crippen LogP) is 3.83. The molecular weight excluding hydrogens is 314 g/mol. The second kappa shape index (κ2) is 9.42. The average molecular weight is 337 g/mol. The van der Waals surface area contributed by atoms with Crippen LogP contribution in [0.1, 0.15) is 29.3 Å². The molecular formula is C21H23NO3. The second-order valence-corrected chi connectivity index (χ2v) is 5.68. The molecule has 1 amide bonds. The molecule has 4 nitrogen and oxygen atoms in total. The van der Waals surface area contributed by atoms with Crippen LogP contribution in [0.2, 0.25) is 0 Å². The van der Waals surface area contributed by atoms with Crippen molar-refractivity contribution in [1.82, 2.24) is 4.90 Å². The first-order chi connectivity index (χ1) is 12.1. The number of ether oxygens (including phenoxy) is 1. The zero-order valence-electron chi connectivity index (χ0n) is 14.6. The summed E-state index contributed by atoms with van der Waals surface area (Å²) in [6.07, 6.45) is 4.40. The van der Waals surface area contributed by atoms with Crippen LogP contribution in [0.25, 0.3) is 6.08 Å². The lowest BCUT2D eigenvalue weighted by molar-refractivity contribution is -0.131. The van der Waals surface area contributed by atoms with Crippen LogP contribution in [0, 0.1) is 0 Å². The molecule has 2 aromatic carbocycles. The maximum Gasteiger partial charge on any atom is 0.260 e. The van der Waals surface area contributed by atoms with Gasteiger partial charge in [-0.15, -0.1) is 0 Å². The molecule has 0 N–H and O–H groups in total. The standard InChI is InChI=1S/C21H23NO3/c1-3-20(23)18-11-13-19(14-12-18)25-16-21(24)22(2)15-7-10-17-8-5-4-6-9-17/h4-14H,3,15-16H2,1-2H3. The third kappa shape index (κ3) is 5.92. The van der Waals surface area contributed by atoms with Gasteiger partial charge in [0.25, 0.3) is 5.91 Å². The monoisotopic (exact) mass is 337 g/mol. The van der Waals surface area contributed by atoms with Gasteiger partial charge in [0, 0.05) is 25.6 Å². The van der Waals surface area contributed by atoms with E-state index in [1.54, 1.807) is 36.2 Å². The highest BCUT2D eigenvalue weighted by atomic mass is 16.5. The van der Waals surface area contributed by atoms with Crippen molar-refractivity contribution in [3.05, 3.63) is 71.8 Å². The Bertz CT molecular complexity index is 721. The molecule has 0 atom stereocenters. The van der Waals surface area contributed by atoms with Gasteiger partial charge >= 0.3 is 0 Å². The van der Waals surface area contributed by atoms with Crippen molar-refractivity contribution in [2.24, 2.45) is 0 Å². The van der Waals surface area contributed by atoms with Gasteiger partial charge in [0.1, 0.15) is 5.75 Å². The molecule has 4 heteroatoms. The average Bonchev–Trinajstić information content (AvgIpc) is 2.66. The maximum absolute atomic E-state index is 12.1. The number of nitrogens with zero attached hydrogens (tertiary/aromatic N) is 1. The van der Waals surface area contributed by atoms with E-state index >= 15 is 0 Å². The van der Waals surface area contributed by atoms with Gasteiger partial charge in [0.2, 0.25) is 0 Å². The lowest BCUT2D eigenvalue weighted by atomic mass is 10.1. The Kier molecular flexibility index (Phi) is 6.96. The smallest absolute Gasteiger partial charge is 0.260 e. The van der Waals surface area contributed by atoms with Crippen molar-refractivity contribution >= 4 is 17.8 Å². The fourth-order valence-electron chi connectivity index (χ4n) is 2.21. The molecule has 0 fully saturated rings. The summed E-state index contributed by atoms with van der Waals surface area (Å²) in [7, 11) is 1.74. The topological polar surface area (TPSA) is 46.6 Å². The van der Waals surface area contributed by atoms with Crippen molar-refractivity contribution in [2.75, 3.05) is 20.2 Å². The molecule has 25 heavy (non-hydrogen) atoms. The van der Waals surface area contributed by atoms with Crippen LogP contribution in [0.4, 0.5) is 0 Å². The van der Waals surface area contributed by atoms with E-state index in [-0.39, 0.29) is 18.3 Å². The lowest BCUT2D eigenvalue weighted by Gasteiger charge is -2.15. The highest BCUT2D eigenvalue weighted by Crippen LogP contribution is 2.13. The number of ketones is 1. The van der Waals surface area contributed by atoms with Crippen LogP contribution in [0.5, 0.6) is 5.75 Å². The van der Waals surface area contributed by atoms with Crippen LogP contribution in [0.3, 0.4) is 0 Å². The molecule has 0 aliphatic rings. The molecule has 0 aliphatic carbocycles. The fourth-order valence-corrected chi connectivity index (χ4v) is 2.21. The van der Waals surface area contributed by atoms with Gasteiger partial charge in [-0.25, -0.2) is 0 Å². The number of hydrogen-bond acceptors (Lipinski definition) is 3. The van der Waals surface area contributed by atoms with E-state index in [1.807, 2.05) is 49.4 Å². The molecule has 0 bridgehead atoms. The fraction of sp³-hybridized carbons (Fsp3) is 0.238. The Balaban J connectivity index is 1.79. The van der Waals surface area contributed by atoms with E-state index in [4.69, 9.17) is 4.74 Å². The van der Waals surface area contributed by atoms with Crippen LogP contribution in [-0.2, 0) is 4.79 Å². The van der Waals surface area contributed by atoms with Crippen molar-refractivity contribution in [1.29, 1.82) is 0 Å². The van der Waals surface area contributed by atoms with E-state index in [9.17, 15) is 9.59 Å². The van der Waals surface area contributed by atoms with E-state index in [0.717, 1.165) is 5.56 Å². The minimum Gasteiger partial charge on any atom is -0.484 e. The van der Waals surface area contributed by atoms with Gasteiger partial charge in [-0.1, -0.05) is 49.4 Å². The van der Waals surface area contributed by atoms with Crippen molar-refractivity contribution in [3.8, 4) is 5.75 Å². The Morgan fingerprint density at radius 1 is 1.04 bits per heavy atom. The number of carbonyl (C=O) groups is 2. The summed E-state index contributed by atoms with van der Waals surface area (Å²) in [5, 5.41) is 0. The molecule has 0 heterocycles. The first kappa shape index (κ1) is 18.5. The lowest BCUT2D eigenvalue weighted by Crippen LogP contribution is -2.31. The number of amides is 1. The number of likely N-dealkylation sites (N-methyl/N-ethyl adjacent to an activating group) is 1. The predicted molar refractivity (Wildman–Crippen MR) is 99.7 cm³/mol. The number of benzene rings is 2. The van der Waals surface area contributed by atoms with E-state index in [0.29, 0.717) is 24.3 Å². The number of hydrogen-bond donors (Lipinski definition) is 0. The van der Waals surface area contributed by atoms with Crippen molar-refractivity contribution in [3.63, 3.8) is 0 Å². The highest BCUT2D eigenvalue weighted by molar-refractivity contribution is 5.95. The van der Waals surface area contributed by atoms with Gasteiger partial charge in [0.15, 0.2) is 12.4 Å². The van der Waals surface area contributed by atoms with Crippen LogP contribution in [0.15, 0.2) is 60.7 Å². The van der Waals surface area contributed by atoms with Crippen LogP contribution < -0.4 is 4.74 Å². The maximum atomic E-state index is 12.1. The quantitative estimate of drug-likeness (QED) is 0.688. The molecule has 0 radical (unpaired) electrons. The van der Waals surface area contributed by atoms with Gasteiger partial charge in [-0.2, -0.15) is 0 Å². The number of Topliss-reactive ketones (excluding diaryl/α,β-unsaturated/α-hetero) is 1. The van der Waals surface area contributed by atoms with Crippen molar-refractivity contribution < 1.29 is 14.3 Å². The summed E-state index contributed by atoms with van der Waals surface area (Å²) < 4.78 is 5.50. The molecule has 0 spiro atoms. The van der Waals surface area contributed by atoms with Gasteiger partial charge < -0.3 is 9.64 Å². The largest absolute Gasteiger partial charge is 0.484 e. The normalized spacial score (nSPS) is 10.6. The minimum atomic E-state index is -0.105. The first-order valence-corrected chi connectivity index (χ1v) is 8.31. The molecule has 2 rings (SSSR count). The molecule has 0 unspecified atom stereocenters. The van der Waals surface area contributed by atoms with E-state index in [2.05, 4.69) is 0 Å². The zero-order valence-corrected chi connectivity index (χ0v) is 14.6. The highest BCUT2D eigenvalue weighted by Gasteiger charge is 2.09. The van der Waals surface area contributed by atoms with Crippen LogP contribution in [-0.4, -0.2) is 36.8 Å². The van der Waals surface area contributed by atoms with Crippen molar-refractivity contribution in [2.45, 2.75) is 13.3 Å². The molecule has 0 saturated heterocycles. The van der Waals surface area contributed by atoms with Gasteiger partial charge in [0.05, 0.1) is 0 Å². The Hall–Kier alpha value is -2.88. The summed E-state index contributed by atoms with van der Waals surface area (Å²) in [5.74, 6) is 0.563. The minimum absolute atomic E-state index is 0.0310. The Labute approximate surface area is 148 Å². The van der Waals surface area contributed by atoms with Gasteiger partial charge in [-0.05, 0) is 29.8 Å². The summed E-state index contributed by atoms with van der Waals surface area (Å²) in [4.78, 5) is 25.3. The summed E-state index contributed by atoms with van der Waals surface area (Å²) in [5.41, 5.74) is 1.76. The zero-order chi connectivity index (χ0) is 18.1. The molecule has 0 aromatic heterocycles. The second-order valence-electron chi connectivity index (χ2n) is 5.68. The third-order valence-corrected chi connectivity index (χ3v) is 3.77.